The van der Waals surface area contributed by atoms with Crippen LogP contribution in [0.15, 0.2) is 90.5 Å². The molecule has 6 rings (SSSR count). The highest BCUT2D eigenvalue weighted by atomic mass is 32.2. The first-order valence-corrected chi connectivity index (χ1v) is 21.9. The minimum Gasteiger partial charge on any atom is -0.494 e. The van der Waals surface area contributed by atoms with Crippen molar-refractivity contribution in [1.29, 1.82) is 0 Å². The second-order valence-electron chi connectivity index (χ2n) is 12.5. The lowest BCUT2D eigenvalue weighted by atomic mass is 9.93. The third-order valence-corrected chi connectivity index (χ3v) is 12.3. The molecule has 0 fully saturated rings. The summed E-state index contributed by atoms with van der Waals surface area (Å²) in [6, 6.07) is 11.2. The van der Waals surface area contributed by atoms with Gasteiger partial charge >= 0.3 is 0 Å². The largest absolute Gasteiger partial charge is 0.494 e. The van der Waals surface area contributed by atoms with Crippen molar-refractivity contribution in [2.45, 2.75) is 14.7 Å². The number of nitrogens with two attached hydrogens (primary N) is 2. The van der Waals surface area contributed by atoms with E-state index in [1.165, 1.54) is 32.4 Å². The Labute approximate surface area is 339 Å². The lowest BCUT2D eigenvalue weighted by Gasteiger charge is -2.19. The molecule has 0 aliphatic heterocycles. The zero-order valence-corrected chi connectivity index (χ0v) is 33.6. The number of benzene rings is 4. The SMILES string of the molecule is COc1cc(-c2ccc(N/N=C3\C(=O)c4c(N)cc(S(=O)(=O)O)cc4C=C3S(=O)(=O)O)c(OC)c2)ccc1N/N=C1/C=Cc2c(S(=O)(=O)O)cc(S(=O)(=O)O)c(N)c2C1=O. The number of nitrogens with zero attached hydrogens (tertiary/aromatic N) is 2. The van der Waals surface area contributed by atoms with Gasteiger partial charge in [0.05, 0.1) is 47.3 Å². The molecule has 314 valence electrons. The highest BCUT2D eigenvalue weighted by molar-refractivity contribution is 7.91. The van der Waals surface area contributed by atoms with E-state index < -0.39 is 106 Å². The van der Waals surface area contributed by atoms with Gasteiger partial charge in [-0.1, -0.05) is 18.2 Å². The molecular formula is C34H28N6O16S4. The van der Waals surface area contributed by atoms with Gasteiger partial charge in [-0.25, -0.2) is 0 Å². The molecule has 0 amide bonds. The number of rotatable bonds is 11. The van der Waals surface area contributed by atoms with E-state index >= 15 is 0 Å². The van der Waals surface area contributed by atoms with Crippen LogP contribution in [0.1, 0.15) is 31.8 Å². The number of hydrogen-bond acceptors (Lipinski definition) is 18. The molecule has 60 heavy (non-hydrogen) atoms. The maximum Gasteiger partial charge on any atom is 0.296 e. The van der Waals surface area contributed by atoms with E-state index in [1.807, 2.05) is 0 Å². The van der Waals surface area contributed by atoms with Crippen molar-refractivity contribution in [3.8, 4) is 22.6 Å². The number of Topliss-reactive ketones (excluding diaryl/α,β-unsaturated/α-hetero) is 2. The van der Waals surface area contributed by atoms with Crippen LogP contribution in [0.4, 0.5) is 22.7 Å². The molecule has 2 aliphatic carbocycles. The summed E-state index contributed by atoms with van der Waals surface area (Å²) in [6.07, 6.45) is 2.89. The van der Waals surface area contributed by atoms with Crippen LogP contribution in [-0.4, -0.2) is 89.1 Å². The average molecular weight is 905 g/mol. The summed E-state index contributed by atoms with van der Waals surface area (Å²) in [5.74, 6) is -1.89. The molecular weight excluding hydrogens is 877 g/mol. The van der Waals surface area contributed by atoms with Crippen molar-refractivity contribution in [1.82, 2.24) is 0 Å². The molecule has 0 saturated heterocycles. The number of hydrazone groups is 2. The van der Waals surface area contributed by atoms with Gasteiger partial charge in [-0.2, -0.15) is 43.9 Å². The van der Waals surface area contributed by atoms with Gasteiger partial charge in [-0.3, -0.25) is 38.7 Å². The second-order valence-corrected chi connectivity index (χ2v) is 18.1. The van der Waals surface area contributed by atoms with Crippen molar-refractivity contribution in [2.75, 3.05) is 36.5 Å². The maximum absolute atomic E-state index is 13.4. The molecule has 0 bridgehead atoms. The standard InChI is InChI=1S/C34H28N6O16S4/c1-55-24-10-15(3-6-21(24)37-39-23-8-5-19-26(58(46,47)48)14-27(59(49,50)51)31(36)30(19)33(23)41)16-4-7-22(25(11-16)56-2)38-40-32-28(60(52,53)54)12-17-9-18(57(43,44)45)13-20(35)29(17)34(32)42/h3-14,37-38H,35-36H2,1-2H3,(H,43,44,45)(H,46,47,48)(H,49,50,51)(H,52,53,54)/b39-23-,40-32-. The molecule has 0 atom stereocenters. The first-order valence-electron chi connectivity index (χ1n) is 16.2. The van der Waals surface area contributed by atoms with Gasteiger partial charge in [-0.05, 0) is 71.3 Å². The van der Waals surface area contributed by atoms with E-state index in [2.05, 4.69) is 21.1 Å². The van der Waals surface area contributed by atoms with Crippen LogP contribution in [0.2, 0.25) is 0 Å². The van der Waals surface area contributed by atoms with Crippen molar-refractivity contribution in [2.24, 2.45) is 10.2 Å². The first kappa shape index (κ1) is 43.1. The van der Waals surface area contributed by atoms with Crippen LogP contribution in [0.25, 0.3) is 23.3 Å². The van der Waals surface area contributed by atoms with Crippen molar-refractivity contribution < 1.29 is 70.9 Å². The van der Waals surface area contributed by atoms with Gasteiger partial charge < -0.3 is 20.9 Å². The third-order valence-electron chi connectivity index (χ3n) is 8.79. The van der Waals surface area contributed by atoms with Crippen LogP contribution >= 0.6 is 0 Å². The Hall–Kier alpha value is -6.52. The second kappa shape index (κ2) is 15.3. The van der Waals surface area contributed by atoms with Gasteiger partial charge in [-0.15, -0.1) is 0 Å². The molecule has 0 radical (unpaired) electrons. The van der Waals surface area contributed by atoms with E-state index in [9.17, 15) is 61.5 Å². The van der Waals surface area contributed by atoms with Crippen LogP contribution in [0, 0.1) is 0 Å². The number of methoxy groups -OCH3 is 2. The number of nitrogen functional groups attached to an aromatic ring is 2. The summed E-state index contributed by atoms with van der Waals surface area (Å²) in [5, 5.41) is 7.94. The Morgan fingerprint density at radius 3 is 1.67 bits per heavy atom. The summed E-state index contributed by atoms with van der Waals surface area (Å²) < 4.78 is 145. The van der Waals surface area contributed by atoms with Crippen molar-refractivity contribution in [3.63, 3.8) is 0 Å². The molecule has 2 aliphatic rings. The highest BCUT2D eigenvalue weighted by Crippen LogP contribution is 2.38. The molecule has 0 spiro atoms. The quantitative estimate of drug-likeness (QED) is 0.0609. The minimum atomic E-state index is -5.15. The van der Waals surface area contributed by atoms with Gasteiger partial charge in [0.2, 0.25) is 11.6 Å². The molecule has 4 aromatic carbocycles. The molecule has 10 N–H and O–H groups in total. The highest BCUT2D eigenvalue weighted by Gasteiger charge is 2.36. The first-order chi connectivity index (χ1) is 27.8. The lowest BCUT2D eigenvalue weighted by molar-refractivity contribution is 0.105. The Morgan fingerprint density at radius 2 is 1.17 bits per heavy atom. The molecule has 0 unspecified atom stereocenters. The molecule has 0 aromatic heterocycles. The molecule has 4 aromatic rings. The van der Waals surface area contributed by atoms with E-state index in [1.54, 1.807) is 18.2 Å². The molecule has 0 heterocycles. The molecule has 26 heteroatoms. The Kier molecular flexibility index (Phi) is 11.0. The van der Waals surface area contributed by atoms with E-state index in [-0.39, 0.29) is 34.0 Å². The number of carbonyl (C=O) groups is 2. The minimum absolute atomic E-state index is 0.0950. The zero-order valence-electron chi connectivity index (χ0n) is 30.3. The Balaban J connectivity index is 1.29. The number of ketones is 2. The lowest BCUT2D eigenvalue weighted by Crippen LogP contribution is -2.28. The van der Waals surface area contributed by atoms with Crippen LogP contribution in [0.3, 0.4) is 0 Å². The summed E-state index contributed by atoms with van der Waals surface area (Å²) in [4.78, 5) is 23.0. The normalized spacial score (nSPS) is 15.7. The molecule has 0 saturated carbocycles. The van der Waals surface area contributed by atoms with Gasteiger partial charge in [0.1, 0.15) is 31.9 Å². The van der Waals surface area contributed by atoms with Crippen LogP contribution in [-0.2, 0) is 40.5 Å². The number of nitrogens with one attached hydrogen (secondary N) is 2. The number of carbonyl (C=O) groups excluding carboxylic acids is 2. The maximum atomic E-state index is 13.4. The number of hydrogen-bond donors (Lipinski definition) is 8. The fraction of sp³-hybridized carbons (Fsp3) is 0.0588. The average Bonchev–Trinajstić information content (AvgIpc) is 3.15. The Bertz CT molecular complexity index is 3180. The summed E-state index contributed by atoms with van der Waals surface area (Å²) in [5.41, 5.74) is 14.0. The van der Waals surface area contributed by atoms with E-state index in [4.69, 9.17) is 20.9 Å². The fourth-order valence-electron chi connectivity index (χ4n) is 6.05. The number of anilines is 4. The number of allylic oxidation sites excluding steroid dienone is 2. The summed E-state index contributed by atoms with van der Waals surface area (Å²) >= 11 is 0. The monoisotopic (exact) mass is 904 g/mol. The number of fused-ring (bicyclic) bond motifs is 2. The van der Waals surface area contributed by atoms with Crippen molar-refractivity contribution in [3.05, 3.63) is 87.8 Å². The van der Waals surface area contributed by atoms with E-state index in [0.29, 0.717) is 17.2 Å². The summed E-state index contributed by atoms with van der Waals surface area (Å²) in [7, 11) is -17.6. The number of ether oxygens (including phenoxy) is 2. The third kappa shape index (κ3) is 8.20. The van der Waals surface area contributed by atoms with Gasteiger partial charge in [0.15, 0.2) is 5.71 Å². The van der Waals surface area contributed by atoms with Gasteiger partial charge in [0, 0.05) is 11.3 Å². The topological polar surface area (TPSA) is 371 Å². The fourth-order valence-corrected chi connectivity index (χ4v) is 8.69. The van der Waals surface area contributed by atoms with Crippen LogP contribution < -0.4 is 31.8 Å². The van der Waals surface area contributed by atoms with E-state index in [0.717, 1.165) is 30.4 Å². The van der Waals surface area contributed by atoms with Crippen LogP contribution in [0.5, 0.6) is 11.5 Å². The van der Waals surface area contributed by atoms with Gasteiger partial charge in [0.25, 0.3) is 40.5 Å². The predicted octanol–water partition coefficient (Wildman–Crippen LogP) is 2.85. The zero-order chi connectivity index (χ0) is 44.3. The smallest absolute Gasteiger partial charge is 0.296 e. The predicted molar refractivity (Wildman–Crippen MR) is 215 cm³/mol. The summed E-state index contributed by atoms with van der Waals surface area (Å²) in [6.45, 7) is 0. The molecule has 22 nitrogen and oxygen atoms in total. The Morgan fingerprint density at radius 1 is 0.617 bits per heavy atom. The van der Waals surface area contributed by atoms with Crippen molar-refractivity contribution >= 4 is 98.4 Å².